The Hall–Kier alpha value is -1.96. The van der Waals surface area contributed by atoms with Crippen molar-refractivity contribution in [1.82, 2.24) is 0 Å². The fourth-order valence-electron chi connectivity index (χ4n) is 1.59. The maximum atomic E-state index is 9.75. The number of aromatic hydroxyl groups is 1. The van der Waals surface area contributed by atoms with Crippen molar-refractivity contribution in [1.29, 1.82) is 0 Å². The molecule has 88 valence electrons. The molecule has 0 unspecified atom stereocenters. The van der Waals surface area contributed by atoms with Gasteiger partial charge >= 0.3 is 0 Å². The van der Waals surface area contributed by atoms with E-state index in [1.807, 2.05) is 42.5 Å². The minimum Gasteiger partial charge on any atom is -0.504 e. The molecule has 0 heterocycles. The Balaban J connectivity index is 2.29. The highest BCUT2D eigenvalue weighted by molar-refractivity contribution is 5.45. The lowest BCUT2D eigenvalue weighted by molar-refractivity contribution is 0.410. The number of hydrogen-bond donors (Lipinski definition) is 1. The molecule has 1 N–H and O–H groups in total. The summed E-state index contributed by atoms with van der Waals surface area (Å²) in [7, 11) is 0. The van der Waals surface area contributed by atoms with Crippen LogP contribution in [0.15, 0.2) is 48.5 Å². The monoisotopic (exact) mass is 228 g/mol. The van der Waals surface area contributed by atoms with Gasteiger partial charge in [0.15, 0.2) is 11.5 Å². The van der Waals surface area contributed by atoms with E-state index in [2.05, 4.69) is 13.8 Å². The second-order valence-electron chi connectivity index (χ2n) is 4.30. The van der Waals surface area contributed by atoms with Gasteiger partial charge in [-0.2, -0.15) is 0 Å². The first-order valence-corrected chi connectivity index (χ1v) is 5.72. The zero-order valence-corrected chi connectivity index (χ0v) is 10.1. The average Bonchev–Trinajstić information content (AvgIpc) is 2.33. The van der Waals surface area contributed by atoms with E-state index in [1.165, 1.54) is 0 Å². The van der Waals surface area contributed by atoms with Gasteiger partial charge in [0.1, 0.15) is 5.75 Å². The third-order valence-electron chi connectivity index (χ3n) is 2.62. The van der Waals surface area contributed by atoms with E-state index in [-0.39, 0.29) is 5.75 Å². The number of hydrogen-bond acceptors (Lipinski definition) is 2. The van der Waals surface area contributed by atoms with Gasteiger partial charge in [-0.3, -0.25) is 0 Å². The molecule has 2 aromatic rings. The normalized spacial score (nSPS) is 10.5. The standard InChI is InChI=1S/C15H16O2/c1-11(2)12-8-9-14(16)15(10-12)17-13-6-4-3-5-7-13/h3-11,16H,1-2H3. The van der Waals surface area contributed by atoms with Gasteiger partial charge in [-0.1, -0.05) is 38.1 Å². The molecule has 0 atom stereocenters. The summed E-state index contributed by atoms with van der Waals surface area (Å²) in [5.41, 5.74) is 1.15. The molecule has 0 fully saturated rings. The number of benzene rings is 2. The molecule has 2 rings (SSSR count). The Kier molecular flexibility index (Phi) is 3.33. The number of phenolic OH excluding ortho intramolecular Hbond substituents is 1. The van der Waals surface area contributed by atoms with Gasteiger partial charge in [0, 0.05) is 0 Å². The molecule has 0 aromatic heterocycles. The highest BCUT2D eigenvalue weighted by Gasteiger charge is 2.07. The van der Waals surface area contributed by atoms with Crippen LogP contribution in [0.2, 0.25) is 0 Å². The second kappa shape index (κ2) is 4.91. The Morgan fingerprint density at radius 1 is 1.00 bits per heavy atom. The van der Waals surface area contributed by atoms with Crippen molar-refractivity contribution >= 4 is 0 Å². The summed E-state index contributed by atoms with van der Waals surface area (Å²) in [5.74, 6) is 1.80. The Morgan fingerprint density at radius 3 is 2.35 bits per heavy atom. The minimum absolute atomic E-state index is 0.165. The van der Waals surface area contributed by atoms with Crippen molar-refractivity contribution in [3.63, 3.8) is 0 Å². The van der Waals surface area contributed by atoms with Crippen LogP contribution in [0.5, 0.6) is 17.2 Å². The molecule has 2 aromatic carbocycles. The molecule has 0 aliphatic heterocycles. The van der Waals surface area contributed by atoms with Gasteiger partial charge in [-0.25, -0.2) is 0 Å². The second-order valence-corrected chi connectivity index (χ2v) is 4.30. The zero-order chi connectivity index (χ0) is 12.3. The molecule has 17 heavy (non-hydrogen) atoms. The van der Waals surface area contributed by atoms with Gasteiger partial charge < -0.3 is 9.84 Å². The quantitative estimate of drug-likeness (QED) is 0.848. The molecule has 0 radical (unpaired) electrons. The van der Waals surface area contributed by atoms with Crippen molar-refractivity contribution in [3.8, 4) is 17.2 Å². The van der Waals surface area contributed by atoms with E-state index in [0.717, 1.165) is 11.3 Å². The summed E-state index contributed by atoms with van der Waals surface area (Å²) in [6.07, 6.45) is 0. The topological polar surface area (TPSA) is 29.5 Å². The van der Waals surface area contributed by atoms with Crippen LogP contribution in [0.1, 0.15) is 25.3 Å². The van der Waals surface area contributed by atoms with Crippen LogP contribution in [-0.4, -0.2) is 5.11 Å². The molecule has 0 bridgehead atoms. The van der Waals surface area contributed by atoms with Gasteiger partial charge in [-0.05, 0) is 35.7 Å². The SMILES string of the molecule is CC(C)c1ccc(O)c(Oc2ccccc2)c1. The maximum Gasteiger partial charge on any atom is 0.169 e. The van der Waals surface area contributed by atoms with Crippen molar-refractivity contribution in [2.24, 2.45) is 0 Å². The van der Waals surface area contributed by atoms with Crippen LogP contribution >= 0.6 is 0 Å². The highest BCUT2D eigenvalue weighted by atomic mass is 16.5. The van der Waals surface area contributed by atoms with Gasteiger partial charge in [0.05, 0.1) is 0 Å². The Morgan fingerprint density at radius 2 is 1.71 bits per heavy atom. The van der Waals surface area contributed by atoms with E-state index in [9.17, 15) is 5.11 Å². The summed E-state index contributed by atoms with van der Waals surface area (Å²) in [5, 5.41) is 9.75. The van der Waals surface area contributed by atoms with E-state index < -0.39 is 0 Å². The summed E-state index contributed by atoms with van der Waals surface area (Å²) >= 11 is 0. The fraction of sp³-hybridized carbons (Fsp3) is 0.200. The lowest BCUT2D eigenvalue weighted by Gasteiger charge is -2.11. The van der Waals surface area contributed by atoms with E-state index in [0.29, 0.717) is 11.7 Å². The van der Waals surface area contributed by atoms with Gasteiger partial charge in [-0.15, -0.1) is 0 Å². The van der Waals surface area contributed by atoms with Crippen molar-refractivity contribution in [2.45, 2.75) is 19.8 Å². The number of para-hydroxylation sites is 1. The molecule has 0 spiro atoms. The van der Waals surface area contributed by atoms with E-state index >= 15 is 0 Å². The molecule has 0 amide bonds. The van der Waals surface area contributed by atoms with Crippen LogP contribution < -0.4 is 4.74 Å². The molecule has 2 heteroatoms. The van der Waals surface area contributed by atoms with Crippen molar-refractivity contribution < 1.29 is 9.84 Å². The first-order valence-electron chi connectivity index (χ1n) is 5.72. The summed E-state index contributed by atoms with van der Waals surface area (Å²) < 4.78 is 5.65. The minimum atomic E-state index is 0.165. The molecule has 2 nitrogen and oxygen atoms in total. The lowest BCUT2D eigenvalue weighted by Crippen LogP contribution is -1.90. The van der Waals surface area contributed by atoms with Crippen LogP contribution in [0.25, 0.3) is 0 Å². The van der Waals surface area contributed by atoms with Crippen LogP contribution in [0, 0.1) is 0 Å². The largest absolute Gasteiger partial charge is 0.504 e. The van der Waals surface area contributed by atoms with E-state index in [4.69, 9.17) is 4.74 Å². The summed E-state index contributed by atoms with van der Waals surface area (Å²) in [6, 6.07) is 14.9. The summed E-state index contributed by atoms with van der Waals surface area (Å²) in [4.78, 5) is 0. The van der Waals surface area contributed by atoms with Crippen molar-refractivity contribution in [2.75, 3.05) is 0 Å². The molecule has 0 saturated heterocycles. The Bertz CT molecular complexity index is 490. The van der Waals surface area contributed by atoms with Gasteiger partial charge in [0.2, 0.25) is 0 Å². The number of phenols is 1. The number of ether oxygens (including phenoxy) is 1. The van der Waals surface area contributed by atoms with E-state index in [1.54, 1.807) is 6.07 Å². The highest BCUT2D eigenvalue weighted by Crippen LogP contribution is 2.33. The third-order valence-corrected chi connectivity index (χ3v) is 2.62. The molecular formula is C15H16O2. The fourth-order valence-corrected chi connectivity index (χ4v) is 1.59. The predicted molar refractivity (Wildman–Crippen MR) is 68.7 cm³/mol. The maximum absolute atomic E-state index is 9.75. The molecule has 0 aliphatic carbocycles. The third kappa shape index (κ3) is 2.78. The van der Waals surface area contributed by atoms with Crippen LogP contribution in [-0.2, 0) is 0 Å². The smallest absolute Gasteiger partial charge is 0.169 e. The summed E-state index contributed by atoms with van der Waals surface area (Å²) in [6.45, 7) is 4.22. The predicted octanol–water partition coefficient (Wildman–Crippen LogP) is 4.31. The molecule has 0 aliphatic rings. The first-order chi connectivity index (χ1) is 8.16. The molecule has 0 saturated carbocycles. The van der Waals surface area contributed by atoms with Crippen LogP contribution in [0.4, 0.5) is 0 Å². The van der Waals surface area contributed by atoms with Crippen LogP contribution in [0.3, 0.4) is 0 Å². The molecular weight excluding hydrogens is 212 g/mol. The Labute approximate surface area is 101 Å². The number of rotatable bonds is 3. The van der Waals surface area contributed by atoms with Gasteiger partial charge in [0.25, 0.3) is 0 Å². The zero-order valence-electron chi connectivity index (χ0n) is 10.1. The lowest BCUT2D eigenvalue weighted by atomic mass is 10.0. The first kappa shape index (κ1) is 11.5. The van der Waals surface area contributed by atoms with Crippen molar-refractivity contribution in [3.05, 3.63) is 54.1 Å². The average molecular weight is 228 g/mol.